The van der Waals surface area contributed by atoms with E-state index in [9.17, 15) is 0 Å². The van der Waals surface area contributed by atoms with E-state index in [4.69, 9.17) is 19.4 Å². The summed E-state index contributed by atoms with van der Waals surface area (Å²) < 4.78 is 6.10. The molecule has 10 rings (SSSR count). The molecule has 0 saturated carbocycles. The molecule has 1 aliphatic rings. The standard InChI is InChI=1S/C44H29N3O/c1-44(2)37-14-8-6-12-32(37)35-25-34-28(24-38(35)44)17-16-27-22-29(18-20-31(27)34)42-45-41(26-10-4-3-5-11-26)46-43(47-42)30-19-21-40-36(23-30)33-13-7-9-15-39(33)48-40/h3-25H,1-2H3. The zero-order chi connectivity index (χ0) is 32.0. The van der Waals surface area contributed by atoms with Crippen LogP contribution in [0, 0.1) is 0 Å². The first-order valence-electron chi connectivity index (χ1n) is 16.4. The number of para-hydroxylation sites is 1. The zero-order valence-electron chi connectivity index (χ0n) is 26.5. The Hall–Kier alpha value is -6.13. The summed E-state index contributed by atoms with van der Waals surface area (Å²) in [6, 6.07) is 49.1. The van der Waals surface area contributed by atoms with Gasteiger partial charge < -0.3 is 4.42 Å². The van der Waals surface area contributed by atoms with Gasteiger partial charge in [-0.1, -0.05) is 111 Å². The quantitative estimate of drug-likeness (QED) is 0.186. The summed E-state index contributed by atoms with van der Waals surface area (Å²) in [6.45, 7) is 4.66. The fourth-order valence-corrected chi connectivity index (χ4v) is 7.62. The number of benzene rings is 7. The molecular weight excluding hydrogens is 587 g/mol. The normalized spacial score (nSPS) is 13.4. The van der Waals surface area contributed by atoms with Crippen LogP contribution in [0.5, 0.6) is 0 Å². The Morgan fingerprint density at radius 3 is 1.90 bits per heavy atom. The minimum atomic E-state index is -0.0268. The molecule has 0 amide bonds. The highest BCUT2D eigenvalue weighted by Gasteiger charge is 2.35. The topological polar surface area (TPSA) is 51.8 Å². The molecule has 4 nitrogen and oxygen atoms in total. The molecule has 0 unspecified atom stereocenters. The fourth-order valence-electron chi connectivity index (χ4n) is 7.62. The van der Waals surface area contributed by atoms with Crippen molar-refractivity contribution < 1.29 is 4.42 Å². The van der Waals surface area contributed by atoms with Crippen LogP contribution in [-0.2, 0) is 5.41 Å². The van der Waals surface area contributed by atoms with Gasteiger partial charge in [0.25, 0.3) is 0 Å². The lowest BCUT2D eigenvalue weighted by Crippen LogP contribution is -2.14. The van der Waals surface area contributed by atoms with Gasteiger partial charge in [-0.3, -0.25) is 0 Å². The van der Waals surface area contributed by atoms with Crippen LogP contribution >= 0.6 is 0 Å². The molecule has 0 radical (unpaired) electrons. The second-order valence-corrected chi connectivity index (χ2v) is 13.3. The highest BCUT2D eigenvalue weighted by molar-refractivity contribution is 6.11. The third-order valence-electron chi connectivity index (χ3n) is 10.1. The third kappa shape index (κ3) is 3.99. The molecule has 7 aromatic carbocycles. The maximum absolute atomic E-state index is 6.10. The number of furan rings is 1. The minimum absolute atomic E-state index is 0.0268. The van der Waals surface area contributed by atoms with Gasteiger partial charge in [0.1, 0.15) is 11.2 Å². The van der Waals surface area contributed by atoms with E-state index >= 15 is 0 Å². The van der Waals surface area contributed by atoms with Crippen LogP contribution in [0.1, 0.15) is 25.0 Å². The van der Waals surface area contributed by atoms with Gasteiger partial charge in [0.15, 0.2) is 17.5 Å². The number of rotatable bonds is 3. The highest BCUT2D eigenvalue weighted by atomic mass is 16.3. The Kier molecular flexibility index (Phi) is 5.59. The largest absolute Gasteiger partial charge is 0.456 e. The van der Waals surface area contributed by atoms with Crippen molar-refractivity contribution in [3.63, 3.8) is 0 Å². The van der Waals surface area contributed by atoms with Gasteiger partial charge in [0.05, 0.1) is 0 Å². The van der Waals surface area contributed by atoms with E-state index in [2.05, 4.69) is 92.7 Å². The number of nitrogens with zero attached hydrogens (tertiary/aromatic N) is 3. The molecule has 226 valence electrons. The summed E-state index contributed by atoms with van der Waals surface area (Å²) in [5, 5.41) is 7.00. The van der Waals surface area contributed by atoms with Gasteiger partial charge in [-0.15, -0.1) is 0 Å². The molecule has 0 spiro atoms. The third-order valence-corrected chi connectivity index (χ3v) is 10.1. The van der Waals surface area contributed by atoms with Crippen LogP contribution < -0.4 is 0 Å². The van der Waals surface area contributed by atoms with Crippen molar-refractivity contribution in [1.29, 1.82) is 0 Å². The van der Waals surface area contributed by atoms with Gasteiger partial charge in [-0.25, -0.2) is 15.0 Å². The number of aromatic nitrogens is 3. The highest BCUT2D eigenvalue weighted by Crippen LogP contribution is 2.50. The van der Waals surface area contributed by atoms with Crippen LogP contribution in [0.2, 0.25) is 0 Å². The summed E-state index contributed by atoms with van der Waals surface area (Å²) >= 11 is 0. The van der Waals surface area contributed by atoms with Crippen molar-refractivity contribution in [3.05, 3.63) is 151 Å². The van der Waals surface area contributed by atoms with Gasteiger partial charge in [0.2, 0.25) is 0 Å². The van der Waals surface area contributed by atoms with Crippen molar-refractivity contribution in [2.24, 2.45) is 0 Å². The van der Waals surface area contributed by atoms with Gasteiger partial charge >= 0.3 is 0 Å². The Labute approximate surface area is 277 Å². The lowest BCUT2D eigenvalue weighted by atomic mass is 9.81. The van der Waals surface area contributed by atoms with E-state index in [1.165, 1.54) is 38.4 Å². The maximum Gasteiger partial charge on any atom is 0.164 e. The molecule has 0 fully saturated rings. The predicted molar refractivity (Wildman–Crippen MR) is 196 cm³/mol. The van der Waals surface area contributed by atoms with Crippen molar-refractivity contribution in [3.8, 4) is 45.3 Å². The van der Waals surface area contributed by atoms with E-state index in [1.807, 2.05) is 60.7 Å². The van der Waals surface area contributed by atoms with Crippen LogP contribution in [0.4, 0.5) is 0 Å². The van der Waals surface area contributed by atoms with Gasteiger partial charge in [-0.2, -0.15) is 0 Å². The van der Waals surface area contributed by atoms with E-state index in [1.54, 1.807) is 0 Å². The Bertz CT molecular complexity index is 2760. The Balaban J connectivity index is 1.14. The van der Waals surface area contributed by atoms with Crippen molar-refractivity contribution in [1.82, 2.24) is 15.0 Å². The average Bonchev–Trinajstić information content (AvgIpc) is 3.62. The molecule has 2 heterocycles. The molecule has 0 N–H and O–H groups in total. The number of hydrogen-bond acceptors (Lipinski definition) is 4. The van der Waals surface area contributed by atoms with E-state index in [0.717, 1.165) is 44.0 Å². The van der Waals surface area contributed by atoms with Crippen LogP contribution in [0.3, 0.4) is 0 Å². The second kappa shape index (κ2) is 9.93. The summed E-state index contributed by atoms with van der Waals surface area (Å²) in [6.07, 6.45) is 0. The molecule has 4 heteroatoms. The van der Waals surface area contributed by atoms with E-state index in [0.29, 0.717) is 17.5 Å². The zero-order valence-corrected chi connectivity index (χ0v) is 26.5. The first-order chi connectivity index (χ1) is 23.5. The fraction of sp³-hybridized carbons (Fsp3) is 0.0682. The lowest BCUT2D eigenvalue weighted by molar-refractivity contribution is 0.661. The van der Waals surface area contributed by atoms with Gasteiger partial charge in [0, 0.05) is 32.9 Å². The number of hydrogen-bond donors (Lipinski definition) is 0. The first kappa shape index (κ1) is 27.0. The summed E-state index contributed by atoms with van der Waals surface area (Å²) in [4.78, 5) is 15.1. The molecule has 0 bridgehead atoms. The molecule has 1 aliphatic carbocycles. The van der Waals surface area contributed by atoms with Crippen molar-refractivity contribution in [2.75, 3.05) is 0 Å². The predicted octanol–water partition coefficient (Wildman–Crippen LogP) is 11.4. The SMILES string of the molecule is CC1(C)c2ccccc2-c2cc3c(ccc4cc(-c5nc(-c6ccccc6)nc(-c6ccc7oc8ccccc8c7c6)n5)ccc43)cc21. The van der Waals surface area contributed by atoms with E-state index in [-0.39, 0.29) is 5.41 Å². The van der Waals surface area contributed by atoms with Gasteiger partial charge in [-0.05, 0) is 86.3 Å². The second-order valence-electron chi connectivity index (χ2n) is 13.3. The van der Waals surface area contributed by atoms with Crippen molar-refractivity contribution >= 4 is 43.5 Å². The van der Waals surface area contributed by atoms with Crippen LogP contribution in [0.15, 0.2) is 144 Å². The monoisotopic (exact) mass is 615 g/mol. The maximum atomic E-state index is 6.10. The molecule has 0 saturated heterocycles. The molecule has 2 aromatic heterocycles. The average molecular weight is 616 g/mol. The van der Waals surface area contributed by atoms with E-state index < -0.39 is 0 Å². The summed E-state index contributed by atoms with van der Waals surface area (Å²) in [7, 11) is 0. The lowest BCUT2D eigenvalue weighted by Gasteiger charge is -2.21. The van der Waals surface area contributed by atoms with Crippen LogP contribution in [-0.4, -0.2) is 15.0 Å². The molecule has 0 aliphatic heterocycles. The molecular formula is C44H29N3O. The molecule has 9 aromatic rings. The number of fused-ring (bicyclic) bond motifs is 9. The smallest absolute Gasteiger partial charge is 0.164 e. The minimum Gasteiger partial charge on any atom is -0.456 e. The first-order valence-corrected chi connectivity index (χ1v) is 16.4. The van der Waals surface area contributed by atoms with Crippen LogP contribution in [0.25, 0.3) is 88.8 Å². The molecule has 48 heavy (non-hydrogen) atoms. The summed E-state index contributed by atoms with van der Waals surface area (Å²) in [5.74, 6) is 1.91. The molecule has 0 atom stereocenters. The Morgan fingerprint density at radius 2 is 1.06 bits per heavy atom. The Morgan fingerprint density at radius 1 is 0.417 bits per heavy atom. The van der Waals surface area contributed by atoms with Crippen molar-refractivity contribution in [2.45, 2.75) is 19.3 Å². The summed E-state index contributed by atoms with van der Waals surface area (Å²) in [5.41, 5.74) is 9.94.